The number of allylic oxidation sites excluding steroid dienone is 1. The van der Waals surface area contributed by atoms with Crippen molar-refractivity contribution in [2.24, 2.45) is 5.92 Å². The van der Waals surface area contributed by atoms with Gasteiger partial charge in [0.05, 0.1) is 10.8 Å². The van der Waals surface area contributed by atoms with Gasteiger partial charge in [0.15, 0.2) is 0 Å². The van der Waals surface area contributed by atoms with Gasteiger partial charge in [-0.25, -0.2) is 4.79 Å². The minimum Gasteiger partial charge on any atom is -0.478 e. The molecule has 3 N–H and O–H groups in total. The smallest absolute Gasteiger partial charge is 0.339 e. The number of benzene rings is 1. The molecular weight excluding hydrogens is 308 g/mol. The molecule has 1 aliphatic carbocycles. The molecular formula is C18H14N2O4. The monoisotopic (exact) mass is 322 g/mol. The minimum absolute atomic E-state index is 0.0382. The standard InChI is InChI=1S/C18H14N2O4/c19-16-13(18(22)23)8-12-15(21)11-7-10(4-3-9-1-2-9)5-6-14(11)24-17(12)20-16/h3-9H,1-2H2,(H2,19,20)(H,22,23). The zero-order chi connectivity index (χ0) is 16.8. The van der Waals surface area contributed by atoms with Gasteiger partial charge in [-0.1, -0.05) is 18.2 Å². The Kier molecular flexibility index (Phi) is 3.13. The molecule has 1 aromatic carbocycles. The molecule has 1 saturated carbocycles. The molecule has 0 spiro atoms. The molecule has 6 heteroatoms. The normalized spacial score (nSPS) is 14.7. The SMILES string of the molecule is Nc1nc2oc3ccc(C=CC4CC4)cc3c(=O)c2cc1C(=O)O. The lowest BCUT2D eigenvalue weighted by Crippen LogP contribution is -2.09. The van der Waals surface area contributed by atoms with Crippen LogP contribution in [-0.2, 0) is 0 Å². The van der Waals surface area contributed by atoms with E-state index in [9.17, 15) is 9.59 Å². The first-order valence-electron chi connectivity index (χ1n) is 7.61. The number of aromatic nitrogens is 1. The number of rotatable bonds is 3. The number of carboxylic acids is 1. The number of carbonyl (C=O) groups is 1. The van der Waals surface area contributed by atoms with Crippen molar-refractivity contribution in [2.75, 3.05) is 5.73 Å². The van der Waals surface area contributed by atoms with E-state index in [0.29, 0.717) is 16.9 Å². The summed E-state index contributed by atoms with van der Waals surface area (Å²) in [7, 11) is 0. The van der Waals surface area contributed by atoms with Gasteiger partial charge in [0.25, 0.3) is 0 Å². The van der Waals surface area contributed by atoms with Gasteiger partial charge in [-0.3, -0.25) is 4.79 Å². The number of hydrogen-bond acceptors (Lipinski definition) is 5. The summed E-state index contributed by atoms with van der Waals surface area (Å²) in [6.07, 6.45) is 6.54. The van der Waals surface area contributed by atoms with Gasteiger partial charge in [-0.2, -0.15) is 4.98 Å². The second-order valence-corrected chi connectivity index (χ2v) is 5.96. The molecule has 0 radical (unpaired) electrons. The quantitative estimate of drug-likeness (QED) is 0.718. The van der Waals surface area contributed by atoms with Crippen LogP contribution >= 0.6 is 0 Å². The van der Waals surface area contributed by atoms with Crippen LogP contribution in [0.1, 0.15) is 28.8 Å². The Hall–Kier alpha value is -3.15. The number of pyridine rings is 1. The first-order chi connectivity index (χ1) is 11.5. The van der Waals surface area contributed by atoms with Crippen molar-refractivity contribution in [3.8, 4) is 0 Å². The van der Waals surface area contributed by atoms with Crippen molar-refractivity contribution in [3.63, 3.8) is 0 Å². The molecule has 0 amide bonds. The summed E-state index contributed by atoms with van der Waals surface area (Å²) < 4.78 is 5.63. The van der Waals surface area contributed by atoms with Crippen molar-refractivity contribution in [2.45, 2.75) is 12.8 Å². The van der Waals surface area contributed by atoms with E-state index < -0.39 is 5.97 Å². The molecule has 2 aromatic heterocycles. The lowest BCUT2D eigenvalue weighted by Gasteiger charge is -2.05. The average molecular weight is 322 g/mol. The molecule has 2 heterocycles. The lowest BCUT2D eigenvalue weighted by atomic mass is 10.1. The fourth-order valence-corrected chi connectivity index (χ4v) is 2.62. The van der Waals surface area contributed by atoms with E-state index >= 15 is 0 Å². The molecule has 4 rings (SSSR count). The van der Waals surface area contributed by atoms with Crippen molar-refractivity contribution in [3.05, 3.63) is 51.7 Å². The van der Waals surface area contributed by atoms with E-state index in [-0.39, 0.29) is 27.9 Å². The van der Waals surface area contributed by atoms with Gasteiger partial charge in [0.1, 0.15) is 17.0 Å². The summed E-state index contributed by atoms with van der Waals surface area (Å²) in [5.74, 6) is -0.775. The van der Waals surface area contributed by atoms with Gasteiger partial charge in [-0.05, 0) is 42.5 Å². The predicted molar refractivity (Wildman–Crippen MR) is 90.9 cm³/mol. The van der Waals surface area contributed by atoms with Crippen LogP contribution in [0.25, 0.3) is 28.1 Å². The van der Waals surface area contributed by atoms with Crippen LogP contribution in [0.5, 0.6) is 0 Å². The van der Waals surface area contributed by atoms with Crippen LogP contribution < -0.4 is 11.2 Å². The van der Waals surface area contributed by atoms with Crippen molar-refractivity contribution in [1.29, 1.82) is 0 Å². The summed E-state index contributed by atoms with van der Waals surface area (Å²) in [4.78, 5) is 27.8. The molecule has 6 nitrogen and oxygen atoms in total. The highest BCUT2D eigenvalue weighted by Crippen LogP contribution is 2.31. The van der Waals surface area contributed by atoms with E-state index in [1.165, 1.54) is 18.9 Å². The Balaban J connectivity index is 1.95. The van der Waals surface area contributed by atoms with Gasteiger partial charge in [-0.15, -0.1) is 0 Å². The topological polar surface area (TPSA) is 106 Å². The van der Waals surface area contributed by atoms with Crippen LogP contribution in [-0.4, -0.2) is 16.1 Å². The second kappa shape index (κ2) is 5.19. The Morgan fingerprint density at radius 2 is 2.08 bits per heavy atom. The maximum atomic E-state index is 12.7. The van der Waals surface area contributed by atoms with Crippen LogP contribution in [0.2, 0.25) is 0 Å². The Labute approximate surface area is 136 Å². The average Bonchev–Trinajstić information content (AvgIpc) is 3.37. The summed E-state index contributed by atoms with van der Waals surface area (Å²) in [6, 6.07) is 6.55. The summed E-state index contributed by atoms with van der Waals surface area (Å²) in [5.41, 5.74) is 6.43. The van der Waals surface area contributed by atoms with E-state index in [1.807, 2.05) is 12.1 Å². The number of nitrogen functional groups attached to an aromatic ring is 1. The maximum absolute atomic E-state index is 12.7. The van der Waals surface area contributed by atoms with E-state index in [4.69, 9.17) is 15.3 Å². The molecule has 0 bridgehead atoms. The molecule has 3 aromatic rings. The van der Waals surface area contributed by atoms with Crippen molar-refractivity contribution < 1.29 is 14.3 Å². The second-order valence-electron chi connectivity index (χ2n) is 5.96. The van der Waals surface area contributed by atoms with Crippen LogP contribution in [0.3, 0.4) is 0 Å². The maximum Gasteiger partial charge on any atom is 0.339 e. The number of nitrogens with two attached hydrogens (primary N) is 1. The van der Waals surface area contributed by atoms with E-state index in [0.717, 1.165) is 5.56 Å². The van der Waals surface area contributed by atoms with Crippen LogP contribution in [0.4, 0.5) is 5.82 Å². The Morgan fingerprint density at radius 1 is 1.29 bits per heavy atom. The molecule has 24 heavy (non-hydrogen) atoms. The Morgan fingerprint density at radius 3 is 2.79 bits per heavy atom. The molecule has 0 unspecified atom stereocenters. The van der Waals surface area contributed by atoms with E-state index in [1.54, 1.807) is 12.1 Å². The first-order valence-corrected chi connectivity index (χ1v) is 7.61. The number of hydrogen-bond donors (Lipinski definition) is 2. The first kappa shape index (κ1) is 14.4. The molecule has 1 aliphatic rings. The lowest BCUT2D eigenvalue weighted by molar-refractivity contribution is 0.0698. The number of fused-ring (bicyclic) bond motifs is 2. The number of anilines is 1. The molecule has 0 atom stereocenters. The highest BCUT2D eigenvalue weighted by atomic mass is 16.4. The molecule has 0 saturated heterocycles. The van der Waals surface area contributed by atoms with E-state index in [2.05, 4.69) is 11.1 Å². The van der Waals surface area contributed by atoms with Gasteiger partial charge in [0, 0.05) is 0 Å². The molecule has 120 valence electrons. The van der Waals surface area contributed by atoms with Gasteiger partial charge >= 0.3 is 5.97 Å². The number of carboxylic acid groups (broad SMARTS) is 1. The fraction of sp³-hybridized carbons (Fsp3) is 0.167. The third-order valence-corrected chi connectivity index (χ3v) is 4.13. The molecule has 1 fully saturated rings. The third-order valence-electron chi connectivity index (χ3n) is 4.13. The van der Waals surface area contributed by atoms with Crippen molar-refractivity contribution >= 4 is 39.9 Å². The third kappa shape index (κ3) is 2.42. The largest absolute Gasteiger partial charge is 0.478 e. The van der Waals surface area contributed by atoms with Crippen LogP contribution in [0, 0.1) is 5.92 Å². The summed E-state index contributed by atoms with van der Waals surface area (Å²) in [6.45, 7) is 0. The minimum atomic E-state index is -1.23. The number of aromatic carboxylic acids is 1. The molecule has 0 aliphatic heterocycles. The fourth-order valence-electron chi connectivity index (χ4n) is 2.62. The number of nitrogens with zero attached hydrogens (tertiary/aromatic N) is 1. The highest BCUT2D eigenvalue weighted by Gasteiger charge is 2.18. The zero-order valence-electron chi connectivity index (χ0n) is 12.7. The summed E-state index contributed by atoms with van der Waals surface area (Å²) in [5, 5.41) is 9.64. The van der Waals surface area contributed by atoms with Crippen LogP contribution in [0.15, 0.2) is 39.6 Å². The van der Waals surface area contributed by atoms with Gasteiger partial charge < -0.3 is 15.3 Å². The summed E-state index contributed by atoms with van der Waals surface area (Å²) >= 11 is 0. The Bertz CT molecular complexity index is 1080. The highest BCUT2D eigenvalue weighted by molar-refractivity contribution is 5.98. The predicted octanol–water partition coefficient (Wildman–Crippen LogP) is 3.04. The van der Waals surface area contributed by atoms with Gasteiger partial charge in [0.2, 0.25) is 11.1 Å². The van der Waals surface area contributed by atoms with Crippen molar-refractivity contribution in [1.82, 2.24) is 4.98 Å². The zero-order valence-corrected chi connectivity index (χ0v) is 12.7.